The normalized spacial score (nSPS) is 10.2. The molecule has 4 nitrogen and oxygen atoms in total. The van der Waals surface area contributed by atoms with Gasteiger partial charge in [0, 0.05) is 13.0 Å². The van der Waals surface area contributed by atoms with Gasteiger partial charge in [0.2, 0.25) is 0 Å². The molecule has 1 aromatic rings. The highest BCUT2D eigenvalue weighted by atomic mass is 16.3. The molecule has 0 aliphatic rings. The predicted molar refractivity (Wildman–Crippen MR) is 78.8 cm³/mol. The summed E-state index contributed by atoms with van der Waals surface area (Å²) in [7, 11) is 0. The second kappa shape index (κ2) is 10.0. The predicted octanol–water partition coefficient (Wildman–Crippen LogP) is 3.05. The Morgan fingerprint density at radius 2 is 1.70 bits per heavy atom. The second-order valence-electron chi connectivity index (χ2n) is 4.85. The summed E-state index contributed by atoms with van der Waals surface area (Å²) in [5.74, 6) is -0.214. The quantitative estimate of drug-likeness (QED) is 0.510. The molecule has 0 bridgehead atoms. The van der Waals surface area contributed by atoms with E-state index in [4.69, 9.17) is 0 Å². The zero-order chi connectivity index (χ0) is 14.6. The lowest BCUT2D eigenvalue weighted by atomic mass is 10.1. The molecule has 4 heteroatoms. The number of hydrogen-bond donors (Lipinski definition) is 2. The number of amides is 1. The van der Waals surface area contributed by atoms with Crippen LogP contribution in [0.4, 0.5) is 0 Å². The fraction of sp³-hybridized carbons (Fsp3) is 0.500. The number of benzene rings is 1. The van der Waals surface area contributed by atoms with Crippen LogP contribution in [-0.2, 0) is 4.79 Å². The van der Waals surface area contributed by atoms with Gasteiger partial charge in [-0.1, -0.05) is 37.8 Å². The van der Waals surface area contributed by atoms with Crippen molar-refractivity contribution in [1.82, 2.24) is 5.32 Å². The lowest BCUT2D eigenvalue weighted by molar-refractivity contribution is -0.107. The first-order chi connectivity index (χ1) is 9.75. The van der Waals surface area contributed by atoms with Crippen LogP contribution >= 0.6 is 0 Å². The van der Waals surface area contributed by atoms with Gasteiger partial charge in [0.05, 0.1) is 5.56 Å². The van der Waals surface area contributed by atoms with Crippen LogP contribution in [0.3, 0.4) is 0 Å². The molecule has 0 saturated carbocycles. The van der Waals surface area contributed by atoms with Crippen LogP contribution in [0.5, 0.6) is 5.75 Å². The van der Waals surface area contributed by atoms with Crippen LogP contribution in [-0.4, -0.2) is 23.8 Å². The van der Waals surface area contributed by atoms with Gasteiger partial charge < -0.3 is 15.2 Å². The highest BCUT2D eigenvalue weighted by Gasteiger charge is 2.08. The first-order valence-corrected chi connectivity index (χ1v) is 7.25. The van der Waals surface area contributed by atoms with E-state index in [0.717, 1.165) is 44.8 Å². The van der Waals surface area contributed by atoms with Crippen molar-refractivity contribution in [2.24, 2.45) is 0 Å². The van der Waals surface area contributed by atoms with E-state index < -0.39 is 0 Å². The summed E-state index contributed by atoms with van der Waals surface area (Å²) in [6.07, 6.45) is 7.99. The molecule has 0 spiro atoms. The van der Waals surface area contributed by atoms with Crippen LogP contribution in [0.1, 0.15) is 55.3 Å². The van der Waals surface area contributed by atoms with E-state index in [2.05, 4.69) is 5.32 Å². The van der Waals surface area contributed by atoms with Gasteiger partial charge in [-0.25, -0.2) is 0 Å². The first kappa shape index (κ1) is 16.2. The zero-order valence-corrected chi connectivity index (χ0v) is 11.8. The van der Waals surface area contributed by atoms with Gasteiger partial charge in [-0.05, 0) is 25.0 Å². The molecule has 1 amide bonds. The van der Waals surface area contributed by atoms with E-state index in [1.807, 2.05) is 0 Å². The molecule has 110 valence electrons. The Labute approximate surface area is 120 Å². The average Bonchev–Trinajstić information content (AvgIpc) is 2.46. The van der Waals surface area contributed by atoms with Crippen molar-refractivity contribution < 1.29 is 14.7 Å². The fourth-order valence-corrected chi connectivity index (χ4v) is 2.02. The summed E-state index contributed by atoms with van der Waals surface area (Å²) >= 11 is 0. The summed E-state index contributed by atoms with van der Waals surface area (Å²) in [5.41, 5.74) is 0.321. The third kappa shape index (κ3) is 6.36. The molecule has 0 fully saturated rings. The van der Waals surface area contributed by atoms with Gasteiger partial charge in [0.1, 0.15) is 12.0 Å². The summed E-state index contributed by atoms with van der Waals surface area (Å²) in [4.78, 5) is 21.9. The molecular weight excluding hydrogens is 254 g/mol. The smallest absolute Gasteiger partial charge is 0.255 e. The van der Waals surface area contributed by atoms with E-state index >= 15 is 0 Å². The van der Waals surface area contributed by atoms with Gasteiger partial charge in [0.25, 0.3) is 5.91 Å². The maximum atomic E-state index is 11.8. The van der Waals surface area contributed by atoms with Gasteiger partial charge >= 0.3 is 0 Å². The van der Waals surface area contributed by atoms with Crippen molar-refractivity contribution >= 4 is 12.2 Å². The van der Waals surface area contributed by atoms with Gasteiger partial charge in [-0.15, -0.1) is 0 Å². The minimum absolute atomic E-state index is 0.0141. The summed E-state index contributed by atoms with van der Waals surface area (Å²) in [6, 6.07) is 6.54. The molecule has 0 atom stereocenters. The molecule has 20 heavy (non-hydrogen) atoms. The number of rotatable bonds is 10. The average molecular weight is 277 g/mol. The molecule has 1 rings (SSSR count). The summed E-state index contributed by atoms with van der Waals surface area (Å²) < 4.78 is 0. The Kier molecular flexibility index (Phi) is 8.11. The molecule has 0 aliphatic heterocycles. The number of para-hydroxylation sites is 1. The lowest BCUT2D eigenvalue weighted by Gasteiger charge is -2.06. The fourth-order valence-electron chi connectivity index (χ4n) is 2.02. The molecule has 2 N–H and O–H groups in total. The van der Waals surface area contributed by atoms with E-state index in [9.17, 15) is 14.7 Å². The first-order valence-electron chi connectivity index (χ1n) is 7.25. The number of carbonyl (C=O) groups is 2. The van der Waals surface area contributed by atoms with E-state index in [1.165, 1.54) is 6.07 Å². The largest absolute Gasteiger partial charge is 0.507 e. The van der Waals surface area contributed by atoms with Crippen molar-refractivity contribution in [3.8, 4) is 5.75 Å². The van der Waals surface area contributed by atoms with Crippen LogP contribution in [0.2, 0.25) is 0 Å². The number of hydrogen-bond acceptors (Lipinski definition) is 3. The molecule has 0 aromatic heterocycles. The van der Waals surface area contributed by atoms with Crippen LogP contribution in [0, 0.1) is 0 Å². The minimum Gasteiger partial charge on any atom is -0.507 e. The summed E-state index contributed by atoms with van der Waals surface area (Å²) in [6.45, 7) is 0.626. The van der Waals surface area contributed by atoms with Crippen molar-refractivity contribution in [2.75, 3.05) is 6.54 Å². The van der Waals surface area contributed by atoms with Gasteiger partial charge in [-0.3, -0.25) is 4.79 Å². The molecule has 0 heterocycles. The Morgan fingerprint density at radius 3 is 2.40 bits per heavy atom. The molecule has 0 unspecified atom stereocenters. The lowest BCUT2D eigenvalue weighted by Crippen LogP contribution is -2.24. The number of phenols is 1. The zero-order valence-electron chi connectivity index (χ0n) is 11.8. The maximum absolute atomic E-state index is 11.8. The van der Waals surface area contributed by atoms with Crippen molar-refractivity contribution in [3.63, 3.8) is 0 Å². The number of nitrogens with one attached hydrogen (secondary N) is 1. The molecule has 1 aromatic carbocycles. The van der Waals surface area contributed by atoms with Crippen LogP contribution in [0.15, 0.2) is 24.3 Å². The number of carbonyl (C=O) groups excluding carboxylic acids is 2. The molecule has 0 radical (unpaired) electrons. The highest BCUT2D eigenvalue weighted by Crippen LogP contribution is 2.15. The third-order valence-electron chi connectivity index (χ3n) is 3.18. The Balaban J connectivity index is 2.05. The third-order valence-corrected chi connectivity index (χ3v) is 3.18. The second-order valence-corrected chi connectivity index (χ2v) is 4.85. The minimum atomic E-state index is -0.228. The van der Waals surface area contributed by atoms with Gasteiger partial charge in [-0.2, -0.15) is 0 Å². The standard InChI is InChI=1S/C16H23NO3/c18-13-9-5-3-1-2-4-8-12-17-16(20)14-10-6-7-11-15(14)19/h6-7,10-11,13,19H,1-5,8-9,12H2,(H,17,20). The topological polar surface area (TPSA) is 66.4 Å². The Morgan fingerprint density at radius 1 is 1.05 bits per heavy atom. The van der Waals surface area contributed by atoms with Crippen molar-refractivity contribution in [1.29, 1.82) is 0 Å². The molecule has 0 saturated heterocycles. The Bertz CT molecular complexity index is 418. The van der Waals surface area contributed by atoms with E-state index in [-0.39, 0.29) is 11.7 Å². The Hall–Kier alpha value is -1.84. The van der Waals surface area contributed by atoms with Crippen LogP contribution < -0.4 is 5.32 Å². The highest BCUT2D eigenvalue weighted by molar-refractivity contribution is 5.96. The van der Waals surface area contributed by atoms with Crippen molar-refractivity contribution in [3.05, 3.63) is 29.8 Å². The van der Waals surface area contributed by atoms with E-state index in [1.54, 1.807) is 18.2 Å². The van der Waals surface area contributed by atoms with E-state index in [0.29, 0.717) is 18.5 Å². The molecular formula is C16H23NO3. The number of aldehydes is 1. The number of unbranched alkanes of at least 4 members (excludes halogenated alkanes) is 6. The molecule has 0 aliphatic carbocycles. The maximum Gasteiger partial charge on any atom is 0.255 e. The van der Waals surface area contributed by atoms with Gasteiger partial charge in [0.15, 0.2) is 0 Å². The monoisotopic (exact) mass is 277 g/mol. The number of phenolic OH excluding ortho intramolecular Hbond substituents is 1. The SMILES string of the molecule is O=CCCCCCCCCNC(=O)c1ccccc1O. The summed E-state index contributed by atoms with van der Waals surface area (Å²) in [5, 5.41) is 12.3. The van der Waals surface area contributed by atoms with Crippen molar-refractivity contribution in [2.45, 2.75) is 44.9 Å². The number of aromatic hydroxyl groups is 1. The van der Waals surface area contributed by atoms with Crippen LogP contribution in [0.25, 0.3) is 0 Å².